The molecule has 1 aromatic carbocycles. The summed E-state index contributed by atoms with van der Waals surface area (Å²) in [6.45, 7) is 14.6. The molecule has 1 atom stereocenters. The number of halogens is 3. The summed E-state index contributed by atoms with van der Waals surface area (Å²) in [7, 11) is 1.68. The number of hydrogen-bond acceptors (Lipinski definition) is 13. The van der Waals surface area contributed by atoms with E-state index in [-0.39, 0.29) is 51.8 Å². The minimum absolute atomic E-state index is 0.00159. The van der Waals surface area contributed by atoms with Gasteiger partial charge in [0.25, 0.3) is 0 Å². The highest BCUT2D eigenvalue weighted by molar-refractivity contribution is 14.1. The highest BCUT2D eigenvalue weighted by atomic mass is 127. The van der Waals surface area contributed by atoms with Gasteiger partial charge in [-0.05, 0) is 136 Å². The van der Waals surface area contributed by atoms with Crippen molar-refractivity contribution in [3.63, 3.8) is 0 Å². The third kappa shape index (κ3) is 21.2. The fraction of sp³-hybridized carbons (Fsp3) is 0.676. The van der Waals surface area contributed by atoms with Crippen LogP contribution in [0.1, 0.15) is 74.8 Å². The average Bonchev–Trinajstić information content (AvgIpc) is 2.96. The summed E-state index contributed by atoms with van der Waals surface area (Å²) < 4.78 is 25.4. The fourth-order valence-corrected chi connectivity index (χ4v) is 9.55. The third-order valence-corrected chi connectivity index (χ3v) is 10.3. The van der Waals surface area contributed by atoms with Crippen LogP contribution in [0.25, 0.3) is 0 Å². The molecule has 318 valence electrons. The molecule has 0 aliphatic carbocycles. The van der Waals surface area contributed by atoms with Crippen LogP contribution in [-0.2, 0) is 54.3 Å². The second kappa shape index (κ2) is 23.0. The molecule has 0 aliphatic heterocycles. The fourth-order valence-electron chi connectivity index (χ4n) is 5.15. The first-order valence-corrected chi connectivity index (χ1v) is 21.0. The van der Waals surface area contributed by atoms with E-state index in [4.69, 9.17) is 18.9 Å². The van der Waals surface area contributed by atoms with Crippen LogP contribution in [0, 0.1) is 10.7 Å². The summed E-state index contributed by atoms with van der Waals surface area (Å²) in [5.74, 6) is -4.46. The first-order chi connectivity index (χ1) is 25.5. The lowest BCUT2D eigenvalue weighted by Gasteiger charge is -2.35. The van der Waals surface area contributed by atoms with Crippen LogP contribution in [0.15, 0.2) is 6.07 Å². The zero-order valence-electron chi connectivity index (χ0n) is 34.1. The van der Waals surface area contributed by atoms with Gasteiger partial charge in [-0.15, -0.1) is 0 Å². The predicted octanol–water partition coefficient (Wildman–Crippen LogP) is 4.47. The summed E-state index contributed by atoms with van der Waals surface area (Å²) in [5.41, 5.74) is -0.982. The quantitative estimate of drug-likeness (QED) is 0.0995. The van der Waals surface area contributed by atoms with Gasteiger partial charge in [0.2, 0.25) is 5.91 Å². The van der Waals surface area contributed by atoms with Gasteiger partial charge in [-0.1, -0.05) is 0 Å². The molecule has 0 saturated carbocycles. The number of esters is 3. The Kier molecular flexibility index (Phi) is 21.4. The molecule has 19 heteroatoms. The largest absolute Gasteiger partial charge is 0.480 e. The summed E-state index contributed by atoms with van der Waals surface area (Å²) >= 11 is 6.52. The lowest BCUT2D eigenvalue weighted by Crippen LogP contribution is -2.53. The highest BCUT2D eigenvalue weighted by Gasteiger charge is 2.31. The van der Waals surface area contributed by atoms with Gasteiger partial charge >= 0.3 is 29.8 Å². The van der Waals surface area contributed by atoms with Crippen molar-refractivity contribution < 1.29 is 57.9 Å². The maximum absolute atomic E-state index is 13.2. The minimum atomic E-state index is -1.22. The van der Waals surface area contributed by atoms with Crippen molar-refractivity contribution in [3.8, 4) is 0 Å². The second-order valence-corrected chi connectivity index (χ2v) is 19.5. The summed E-state index contributed by atoms with van der Waals surface area (Å²) in [6.07, 6.45) is 0. The molecular weight excluding hydrogens is 1070 g/mol. The van der Waals surface area contributed by atoms with Crippen LogP contribution in [0.2, 0.25) is 0 Å². The van der Waals surface area contributed by atoms with Crippen LogP contribution in [0.3, 0.4) is 0 Å². The molecule has 0 spiro atoms. The summed E-state index contributed by atoms with van der Waals surface area (Å²) in [6, 6.07) is 1.09. The Bertz CT molecular complexity index is 1560. The van der Waals surface area contributed by atoms with Gasteiger partial charge in [-0.2, -0.15) is 0 Å². The molecule has 0 aliphatic rings. The number of aliphatic carboxylic acids is 2. The second-order valence-electron chi connectivity index (χ2n) is 16.1. The molecular formula is C37H57I3N4O12. The molecule has 1 aromatic rings. The van der Waals surface area contributed by atoms with Crippen molar-refractivity contribution in [2.75, 3.05) is 70.9 Å². The SMILES string of the molecule is CC(=O)N(C)c1c(I)cc(I)c(COCC(CN(CCN(CC(=O)O)CC(=O)OC(C)(C)C)CC(=O)OC(C)(C)C)N(CC(=O)O)CC(=O)OC(C)(C)C)c1I. The van der Waals surface area contributed by atoms with Gasteiger partial charge in [0, 0.05) is 55.9 Å². The number of ether oxygens (including phenoxy) is 4. The first-order valence-electron chi connectivity index (χ1n) is 17.7. The van der Waals surface area contributed by atoms with Crippen LogP contribution in [0.4, 0.5) is 5.69 Å². The summed E-state index contributed by atoms with van der Waals surface area (Å²) in [4.78, 5) is 81.4. The Labute approximate surface area is 371 Å². The smallest absolute Gasteiger partial charge is 0.320 e. The number of carbonyl (C=O) groups excluding carboxylic acids is 4. The molecule has 16 nitrogen and oxygen atoms in total. The number of carbonyl (C=O) groups is 6. The van der Waals surface area contributed by atoms with Gasteiger partial charge in [0.15, 0.2) is 0 Å². The highest BCUT2D eigenvalue weighted by Crippen LogP contribution is 2.34. The predicted molar refractivity (Wildman–Crippen MR) is 234 cm³/mol. The number of rotatable bonds is 21. The number of benzene rings is 1. The Balaban J connectivity index is 3.66. The van der Waals surface area contributed by atoms with Crippen molar-refractivity contribution in [1.82, 2.24) is 14.7 Å². The van der Waals surface area contributed by atoms with Crippen molar-refractivity contribution in [2.24, 2.45) is 0 Å². The lowest BCUT2D eigenvalue weighted by atomic mass is 10.2. The van der Waals surface area contributed by atoms with Gasteiger partial charge < -0.3 is 34.1 Å². The Morgan fingerprint density at radius 1 is 0.679 bits per heavy atom. The van der Waals surface area contributed by atoms with Gasteiger partial charge in [-0.3, -0.25) is 43.5 Å². The molecule has 0 radical (unpaired) electrons. The summed E-state index contributed by atoms with van der Waals surface area (Å²) in [5, 5.41) is 19.6. The molecule has 0 saturated heterocycles. The van der Waals surface area contributed by atoms with E-state index in [2.05, 4.69) is 67.8 Å². The molecule has 0 fully saturated rings. The van der Waals surface area contributed by atoms with Crippen LogP contribution in [0.5, 0.6) is 0 Å². The van der Waals surface area contributed by atoms with Crippen LogP contribution in [-0.4, -0.2) is 150 Å². The van der Waals surface area contributed by atoms with E-state index in [1.807, 2.05) is 6.07 Å². The first kappa shape index (κ1) is 52.1. The normalized spacial score (nSPS) is 12.8. The van der Waals surface area contributed by atoms with Crippen molar-refractivity contribution >= 4 is 109 Å². The van der Waals surface area contributed by atoms with E-state index in [0.29, 0.717) is 5.69 Å². The molecule has 1 amide bonds. The van der Waals surface area contributed by atoms with Crippen LogP contribution >= 0.6 is 67.8 Å². The average molecular weight is 1130 g/mol. The number of carboxylic acid groups (broad SMARTS) is 2. The number of anilines is 1. The van der Waals surface area contributed by atoms with Crippen molar-refractivity contribution in [3.05, 3.63) is 22.3 Å². The Hall–Kier alpha value is -1.93. The standard InChI is InChI=1S/C37H57I3N4O12/c1-23(45)41(11)34-27(39)14-26(38)25(33(34)40)22-53-21-24(44(17-29(48)49)20-32(52)56-37(8,9)10)15-42(18-30(50)54-35(2,3)4)12-13-43(16-28(46)47)19-31(51)55-36(5,6)7/h14,24H,12-13,15-22H2,1-11H3,(H,46,47)(H,48,49). The molecule has 2 N–H and O–H groups in total. The molecule has 1 rings (SSSR count). The lowest BCUT2D eigenvalue weighted by molar-refractivity contribution is -0.160. The monoisotopic (exact) mass is 1130 g/mol. The Morgan fingerprint density at radius 3 is 1.57 bits per heavy atom. The third-order valence-electron chi connectivity index (χ3n) is 7.32. The van der Waals surface area contributed by atoms with E-state index < -0.39 is 72.3 Å². The van der Waals surface area contributed by atoms with E-state index in [1.54, 1.807) is 79.2 Å². The van der Waals surface area contributed by atoms with E-state index in [9.17, 15) is 39.0 Å². The number of nitrogens with zero attached hydrogens (tertiary/aromatic N) is 4. The molecule has 0 heterocycles. The zero-order valence-corrected chi connectivity index (χ0v) is 40.6. The van der Waals surface area contributed by atoms with Crippen LogP contribution < -0.4 is 4.90 Å². The van der Waals surface area contributed by atoms with Crippen molar-refractivity contribution in [1.29, 1.82) is 0 Å². The number of carboxylic acids is 2. The molecule has 0 bridgehead atoms. The molecule has 56 heavy (non-hydrogen) atoms. The van der Waals surface area contributed by atoms with E-state index in [0.717, 1.165) is 16.3 Å². The number of amides is 1. The van der Waals surface area contributed by atoms with Gasteiger partial charge in [0.1, 0.15) is 16.8 Å². The van der Waals surface area contributed by atoms with Gasteiger partial charge in [0.05, 0.1) is 51.6 Å². The Morgan fingerprint density at radius 2 is 1.12 bits per heavy atom. The van der Waals surface area contributed by atoms with E-state index in [1.165, 1.54) is 16.7 Å². The maximum Gasteiger partial charge on any atom is 0.320 e. The molecule has 0 aromatic heterocycles. The number of hydrogen-bond donors (Lipinski definition) is 2. The molecule has 1 unspecified atom stereocenters. The van der Waals surface area contributed by atoms with Gasteiger partial charge in [-0.25, -0.2) is 0 Å². The van der Waals surface area contributed by atoms with E-state index >= 15 is 0 Å². The zero-order chi connectivity index (χ0) is 43.3. The maximum atomic E-state index is 13.2. The topological polar surface area (TPSA) is 193 Å². The minimum Gasteiger partial charge on any atom is -0.480 e. The van der Waals surface area contributed by atoms with Crippen molar-refractivity contribution in [2.45, 2.75) is 98.7 Å².